The van der Waals surface area contributed by atoms with Gasteiger partial charge in [-0.15, -0.1) is 0 Å². The number of hydrogen-bond donors (Lipinski definition) is 3. The second-order valence-electron chi connectivity index (χ2n) is 23.4. The van der Waals surface area contributed by atoms with Crippen LogP contribution in [0.25, 0.3) is 27.7 Å². The second kappa shape index (κ2) is 22.7. The third-order valence-electron chi connectivity index (χ3n) is 18.0. The first-order chi connectivity index (χ1) is 36.0. The van der Waals surface area contributed by atoms with E-state index in [1.54, 1.807) is 12.1 Å². The molecule has 5 fully saturated rings. The normalized spacial score (nSPS) is 21.9. The molecule has 0 amide bonds. The van der Waals surface area contributed by atoms with Crippen LogP contribution in [0.2, 0.25) is 5.02 Å². The van der Waals surface area contributed by atoms with Crippen molar-refractivity contribution in [1.82, 2.24) is 30.2 Å². The first-order valence-electron chi connectivity index (χ1n) is 27.9. The van der Waals surface area contributed by atoms with Gasteiger partial charge < -0.3 is 31.1 Å². The third kappa shape index (κ3) is 10.8. The quantitative estimate of drug-likeness (QED) is 0.122. The number of likely N-dealkylation sites (tertiary alicyclic amines) is 2. The van der Waals surface area contributed by atoms with Crippen molar-refractivity contribution in [2.24, 2.45) is 30.0 Å². The molecular weight excluding hydrogens is 954 g/mol. The van der Waals surface area contributed by atoms with E-state index in [-0.39, 0.29) is 27.6 Å². The minimum atomic E-state index is -0.543. The fourth-order valence-corrected chi connectivity index (χ4v) is 14.1. The van der Waals surface area contributed by atoms with Crippen molar-refractivity contribution < 1.29 is 8.78 Å². The number of halogens is 3. The molecule has 1 spiro atoms. The fraction of sp³-hybridized carbons (Fsp3) is 0.484. The Labute approximate surface area is 452 Å². The Kier molecular flexibility index (Phi) is 16.4. The number of rotatable bonds is 11. The van der Waals surface area contributed by atoms with Gasteiger partial charge in [-0.1, -0.05) is 133 Å². The van der Waals surface area contributed by atoms with Crippen LogP contribution in [-0.4, -0.2) is 72.9 Å². The fourth-order valence-electron chi connectivity index (χ4n) is 13.8. The van der Waals surface area contributed by atoms with Gasteiger partial charge in [0.15, 0.2) is 5.82 Å². The van der Waals surface area contributed by atoms with Gasteiger partial charge in [0.2, 0.25) is 0 Å². The minimum Gasteiger partial charge on any atom is -0.399 e. The van der Waals surface area contributed by atoms with Gasteiger partial charge in [-0.25, -0.2) is 8.78 Å². The Bertz CT molecular complexity index is 2910. The number of allylic oxidation sites excluding steroid dienone is 1. The molecule has 2 atom stereocenters. The lowest BCUT2D eigenvalue weighted by atomic mass is 9.56. The van der Waals surface area contributed by atoms with E-state index >= 15 is 8.78 Å². The molecule has 0 radical (unpaired) electrons. The van der Waals surface area contributed by atoms with E-state index in [0.717, 1.165) is 65.2 Å². The molecule has 1 aromatic heterocycles. The van der Waals surface area contributed by atoms with E-state index in [0.29, 0.717) is 40.9 Å². The summed E-state index contributed by atoms with van der Waals surface area (Å²) in [6.45, 7) is 30.2. The number of aryl methyl sites for hydroxylation is 2. The first-order valence-corrected chi connectivity index (χ1v) is 28.3. The van der Waals surface area contributed by atoms with Gasteiger partial charge in [-0.3, -0.25) is 4.68 Å². The molecule has 8 nitrogen and oxygen atoms in total. The molecule has 2 saturated carbocycles. The van der Waals surface area contributed by atoms with Crippen molar-refractivity contribution in [3.63, 3.8) is 0 Å². The predicted molar refractivity (Wildman–Crippen MR) is 310 cm³/mol. The van der Waals surface area contributed by atoms with Crippen molar-refractivity contribution in [2.75, 3.05) is 58.3 Å². The van der Waals surface area contributed by atoms with E-state index < -0.39 is 11.6 Å². The smallest absolute Gasteiger partial charge is 0.164 e. The van der Waals surface area contributed by atoms with Gasteiger partial charge in [-0.2, -0.15) is 5.10 Å². The van der Waals surface area contributed by atoms with E-state index in [1.165, 1.54) is 119 Å². The lowest BCUT2D eigenvalue weighted by molar-refractivity contribution is -0.0817. The summed E-state index contributed by atoms with van der Waals surface area (Å²) < 4.78 is 33.1. The minimum absolute atomic E-state index is 0.0129. The van der Waals surface area contributed by atoms with Gasteiger partial charge in [0.05, 0.1) is 10.5 Å². The molecule has 2 unspecified atom stereocenters. The number of aromatic nitrogens is 2. The molecule has 4 N–H and O–H groups in total. The van der Waals surface area contributed by atoms with Gasteiger partial charge in [-0.05, 0) is 141 Å². The van der Waals surface area contributed by atoms with Crippen LogP contribution in [0.5, 0.6) is 0 Å². The van der Waals surface area contributed by atoms with Crippen LogP contribution in [-0.2, 0) is 25.3 Å². The summed E-state index contributed by atoms with van der Waals surface area (Å²) in [5.74, 6) is 3.24. The number of nitrogens with one attached hydrogen (secondary N) is 2. The summed E-state index contributed by atoms with van der Waals surface area (Å²) in [7, 11) is 5.82. The maximum Gasteiger partial charge on any atom is 0.164 e. The van der Waals surface area contributed by atoms with Gasteiger partial charge >= 0.3 is 0 Å². The van der Waals surface area contributed by atoms with Crippen molar-refractivity contribution in [3.8, 4) is 11.1 Å². The highest BCUT2D eigenvalue weighted by molar-refractivity contribution is 6.34. The first kappa shape index (κ1) is 54.4. The Morgan fingerprint density at radius 3 is 2.27 bits per heavy atom. The number of hydrogen-bond acceptors (Lipinski definition) is 7. The summed E-state index contributed by atoms with van der Waals surface area (Å²) in [4.78, 5) is 7.59. The Hall–Kier alpha value is -5.42. The monoisotopic (exact) mass is 1040 g/mol. The van der Waals surface area contributed by atoms with Gasteiger partial charge in [0, 0.05) is 97.3 Å². The average Bonchev–Trinajstić information content (AvgIpc) is 3.84. The maximum absolute atomic E-state index is 15.9. The highest BCUT2D eigenvalue weighted by Gasteiger charge is 2.53. The number of benzene rings is 4. The molecule has 75 heavy (non-hydrogen) atoms. The highest BCUT2D eigenvalue weighted by atomic mass is 35.5. The number of piperidine rings is 1. The number of nitrogens with two attached hydrogens (primary N) is 1. The average molecular weight is 1040 g/mol. The van der Waals surface area contributed by atoms with Gasteiger partial charge in [0.1, 0.15) is 17.5 Å². The second-order valence-corrected chi connectivity index (χ2v) is 23.7. The van der Waals surface area contributed by atoms with Gasteiger partial charge in [0.25, 0.3) is 0 Å². The van der Waals surface area contributed by atoms with Crippen molar-refractivity contribution in [2.45, 2.75) is 121 Å². The van der Waals surface area contributed by atoms with E-state index in [9.17, 15) is 0 Å². The molecule has 4 aromatic carbocycles. The summed E-state index contributed by atoms with van der Waals surface area (Å²) in [6, 6.07) is 22.2. The zero-order chi connectivity index (χ0) is 53.3. The molecule has 6 aliphatic rings. The van der Waals surface area contributed by atoms with E-state index in [4.69, 9.17) is 22.4 Å². The molecule has 11 heteroatoms. The zero-order valence-corrected chi connectivity index (χ0v) is 46.6. The van der Waals surface area contributed by atoms with Crippen LogP contribution in [0.1, 0.15) is 137 Å². The Balaban J connectivity index is 0.000000179. The molecule has 400 valence electrons. The topological polar surface area (TPSA) is 77.6 Å². The number of nitrogens with zero attached hydrogens (tertiary/aromatic N) is 5. The lowest BCUT2D eigenvalue weighted by Crippen LogP contribution is -2.62. The van der Waals surface area contributed by atoms with Crippen molar-refractivity contribution >= 4 is 34.0 Å². The summed E-state index contributed by atoms with van der Waals surface area (Å²) in [5, 5.41) is 12.1. The third-order valence-corrected chi connectivity index (χ3v) is 18.4. The largest absolute Gasteiger partial charge is 0.399 e. The lowest BCUT2D eigenvalue weighted by Gasteiger charge is -2.60. The molecular formula is C64H83ClF2N8. The molecule has 4 heterocycles. The molecule has 3 aliphatic carbocycles. The van der Waals surface area contributed by atoms with E-state index in [1.807, 2.05) is 43.9 Å². The maximum atomic E-state index is 15.9. The van der Waals surface area contributed by atoms with E-state index in [2.05, 4.69) is 103 Å². The zero-order valence-electron chi connectivity index (χ0n) is 45.9. The molecule has 11 rings (SSSR count). The van der Waals surface area contributed by atoms with Crippen molar-refractivity contribution in [3.05, 3.63) is 160 Å². The van der Waals surface area contributed by atoms with Crippen LogP contribution in [0.3, 0.4) is 0 Å². The molecule has 3 saturated heterocycles. The summed E-state index contributed by atoms with van der Waals surface area (Å²) in [5.41, 5.74) is 16.4. The number of anilines is 1. The Morgan fingerprint density at radius 1 is 0.920 bits per heavy atom. The molecule has 3 aliphatic heterocycles. The predicted octanol–water partition coefficient (Wildman–Crippen LogP) is 14.0. The number of fused-ring (bicyclic) bond motifs is 2. The molecule has 5 aromatic rings. The summed E-state index contributed by atoms with van der Waals surface area (Å²) in [6.07, 6.45) is 15.3. The molecule has 0 bridgehead atoms. The van der Waals surface area contributed by atoms with Crippen LogP contribution in [0.15, 0.2) is 110 Å². The van der Waals surface area contributed by atoms with Crippen LogP contribution >= 0.6 is 11.6 Å². The van der Waals surface area contributed by atoms with Crippen LogP contribution in [0, 0.1) is 28.9 Å². The van der Waals surface area contributed by atoms with Crippen LogP contribution < -0.4 is 21.3 Å². The highest BCUT2D eigenvalue weighted by Crippen LogP contribution is 2.57. The van der Waals surface area contributed by atoms with Crippen molar-refractivity contribution in [1.29, 1.82) is 0 Å². The Morgan fingerprint density at radius 2 is 1.61 bits per heavy atom. The SMILES string of the molecule is C=C(N)c1ccc(CCC)c(F)c1-c1c(Cl)c(F)cc2c1C(C)C(C)(c1ccccc1)C2.C=C1CCN(c2nn(C)c3cc(C4CC5(C4)CN(CC4CCN(C(=C)C6CCCCC6)CC4)C5)ccc23)C(=C)N1.CNC. The summed E-state index contributed by atoms with van der Waals surface area (Å²) >= 11 is 6.58. The van der Waals surface area contributed by atoms with Crippen LogP contribution in [0.4, 0.5) is 14.6 Å². The standard InChI is InChI=1S/C34H48N6.C28H28ClF2N.C2H7N/c1-24-12-17-40(26(3)35-24)33-31-11-10-29(18-32(31)37(4)36-33)30-19-34(20-30)22-38(23-34)21-27-13-15-39(16-14-27)25(2)28-8-6-5-7-9-28;1-5-9-18-12-13-21(17(3)32)24(27(18)31)25-23-16(2)28(4,20-10-7-6-8-11-20)15-19(23)14-22(30)26(25)29;1-3-2/h10-11,18,27-28,30,35H,1-3,5-9,12-17,19-23H2,4H3;6-8,10-14,16H,3,5,9,15,32H2,1-2,4H3;3H,1-2H3.